The van der Waals surface area contributed by atoms with Crippen LogP contribution in [0, 0.1) is 0 Å². The topological polar surface area (TPSA) is 99.3 Å². The summed E-state index contributed by atoms with van der Waals surface area (Å²) in [6.07, 6.45) is 1.07. The Morgan fingerprint density at radius 1 is 0.656 bits per heavy atom. The molecule has 0 spiro atoms. The number of benzene rings is 3. The van der Waals surface area contributed by atoms with Crippen LogP contribution in [-0.2, 0) is 20.8 Å². The van der Waals surface area contributed by atoms with Crippen molar-refractivity contribution in [2.75, 3.05) is 27.8 Å². The maximum Gasteiger partial charge on any atom is 0.243 e. The summed E-state index contributed by atoms with van der Waals surface area (Å²) >= 11 is 0. The highest BCUT2D eigenvalue weighted by Gasteiger charge is 2.06. The van der Waals surface area contributed by atoms with E-state index >= 15 is 0 Å². The second kappa shape index (κ2) is 11.3. The lowest BCUT2D eigenvalue weighted by molar-refractivity contribution is -0.116. The molecule has 164 valence electrons. The monoisotopic (exact) mass is 430 g/mol. The molecule has 0 heterocycles. The minimum absolute atomic E-state index is 0.0514. The summed E-state index contributed by atoms with van der Waals surface area (Å²) < 4.78 is 0. The zero-order valence-corrected chi connectivity index (χ0v) is 17.9. The number of amides is 3. The van der Waals surface area contributed by atoms with Crippen LogP contribution in [0.4, 0.5) is 22.7 Å². The van der Waals surface area contributed by atoms with E-state index < -0.39 is 0 Å². The lowest BCUT2D eigenvalue weighted by Gasteiger charge is -2.11. The van der Waals surface area contributed by atoms with Gasteiger partial charge in [-0.05, 0) is 48.4 Å². The third-order valence-corrected chi connectivity index (χ3v) is 4.55. The van der Waals surface area contributed by atoms with Crippen LogP contribution in [0.2, 0.25) is 0 Å². The van der Waals surface area contributed by atoms with Crippen LogP contribution in [0.1, 0.15) is 18.9 Å². The quantitative estimate of drug-likeness (QED) is 0.407. The normalized spacial score (nSPS) is 10.2. The molecule has 7 heteroatoms. The lowest BCUT2D eigenvalue weighted by Crippen LogP contribution is -2.22. The highest BCUT2D eigenvalue weighted by atomic mass is 16.2. The Kier molecular flexibility index (Phi) is 7.97. The minimum Gasteiger partial charge on any atom is -0.376 e. The maximum absolute atomic E-state index is 12.3. The smallest absolute Gasteiger partial charge is 0.243 e. The number of anilines is 4. The van der Waals surface area contributed by atoms with Crippen molar-refractivity contribution in [1.82, 2.24) is 0 Å². The average Bonchev–Trinajstić information content (AvgIpc) is 2.77. The number of rotatable bonds is 9. The standard InChI is InChI=1S/C25H26N4O3/c1-18(30)27-21-10-6-12-23(16-21)29-25(32)17-26-20-9-5-11-22(15-20)28-24(31)14-13-19-7-3-2-4-8-19/h2-12,15-16,26H,13-14,17H2,1H3,(H,27,30)(H,28,31)(H,29,32). The first-order valence-electron chi connectivity index (χ1n) is 10.3. The third kappa shape index (κ3) is 7.60. The fourth-order valence-electron chi connectivity index (χ4n) is 3.10. The van der Waals surface area contributed by atoms with Gasteiger partial charge in [0.05, 0.1) is 6.54 Å². The number of nitrogens with one attached hydrogen (secondary N) is 4. The first-order valence-corrected chi connectivity index (χ1v) is 10.3. The number of aryl methyl sites for hydroxylation is 1. The molecule has 32 heavy (non-hydrogen) atoms. The van der Waals surface area contributed by atoms with Gasteiger partial charge >= 0.3 is 0 Å². The Balaban J connectivity index is 1.47. The van der Waals surface area contributed by atoms with Crippen LogP contribution in [-0.4, -0.2) is 24.3 Å². The molecule has 7 nitrogen and oxygen atoms in total. The molecular weight excluding hydrogens is 404 g/mol. The molecule has 0 radical (unpaired) electrons. The largest absolute Gasteiger partial charge is 0.376 e. The molecule has 3 amide bonds. The minimum atomic E-state index is -0.234. The van der Waals surface area contributed by atoms with Crippen LogP contribution in [0.15, 0.2) is 78.9 Å². The predicted molar refractivity (Wildman–Crippen MR) is 128 cm³/mol. The van der Waals surface area contributed by atoms with Gasteiger partial charge in [-0.3, -0.25) is 14.4 Å². The van der Waals surface area contributed by atoms with Crippen LogP contribution in [0.25, 0.3) is 0 Å². The van der Waals surface area contributed by atoms with Gasteiger partial charge in [0, 0.05) is 36.1 Å². The van der Waals surface area contributed by atoms with Gasteiger partial charge in [0.1, 0.15) is 0 Å². The number of carbonyl (C=O) groups is 3. The molecule has 0 saturated heterocycles. The van der Waals surface area contributed by atoms with Gasteiger partial charge in [0.15, 0.2) is 0 Å². The highest BCUT2D eigenvalue weighted by Crippen LogP contribution is 2.17. The second-order valence-electron chi connectivity index (χ2n) is 7.28. The summed E-state index contributed by atoms with van der Waals surface area (Å²) in [4.78, 5) is 35.7. The number of carbonyl (C=O) groups excluding carboxylic acids is 3. The summed E-state index contributed by atoms with van der Waals surface area (Å²) in [7, 11) is 0. The van der Waals surface area contributed by atoms with Gasteiger partial charge in [0.25, 0.3) is 0 Å². The molecule has 3 rings (SSSR count). The summed E-state index contributed by atoms with van der Waals surface area (Å²) in [6.45, 7) is 1.48. The Hall–Kier alpha value is -4.13. The SMILES string of the molecule is CC(=O)Nc1cccc(NC(=O)CNc2cccc(NC(=O)CCc3ccccc3)c2)c1. The Labute approximate surface area is 187 Å². The lowest BCUT2D eigenvalue weighted by atomic mass is 10.1. The first-order chi connectivity index (χ1) is 15.5. The van der Waals surface area contributed by atoms with E-state index in [0.717, 1.165) is 5.56 Å². The van der Waals surface area contributed by atoms with Crippen molar-refractivity contribution in [3.05, 3.63) is 84.4 Å². The van der Waals surface area contributed by atoms with Crippen LogP contribution in [0.5, 0.6) is 0 Å². The van der Waals surface area contributed by atoms with E-state index in [1.807, 2.05) is 42.5 Å². The highest BCUT2D eigenvalue weighted by molar-refractivity contribution is 5.95. The molecule has 4 N–H and O–H groups in total. The van der Waals surface area contributed by atoms with Crippen LogP contribution < -0.4 is 21.3 Å². The molecule has 0 saturated carbocycles. The fraction of sp³-hybridized carbons (Fsp3) is 0.160. The van der Waals surface area contributed by atoms with E-state index in [-0.39, 0.29) is 24.3 Å². The molecule has 0 bridgehead atoms. The molecule has 0 aromatic heterocycles. The summed E-state index contributed by atoms with van der Waals surface area (Å²) in [5.74, 6) is -0.479. The van der Waals surface area contributed by atoms with E-state index in [1.54, 1.807) is 36.4 Å². The molecule has 0 unspecified atom stereocenters. The van der Waals surface area contributed by atoms with Crippen molar-refractivity contribution in [3.8, 4) is 0 Å². The molecule has 0 aliphatic rings. The Morgan fingerprint density at radius 3 is 1.88 bits per heavy atom. The maximum atomic E-state index is 12.3. The van der Waals surface area contributed by atoms with Gasteiger partial charge in [-0.2, -0.15) is 0 Å². The van der Waals surface area contributed by atoms with E-state index in [4.69, 9.17) is 0 Å². The van der Waals surface area contributed by atoms with Gasteiger partial charge in [-0.1, -0.05) is 42.5 Å². The van der Waals surface area contributed by atoms with Crippen molar-refractivity contribution < 1.29 is 14.4 Å². The van der Waals surface area contributed by atoms with Crippen LogP contribution in [0.3, 0.4) is 0 Å². The van der Waals surface area contributed by atoms with E-state index in [1.165, 1.54) is 6.92 Å². The zero-order valence-electron chi connectivity index (χ0n) is 17.9. The molecule has 3 aromatic rings. The van der Waals surface area contributed by atoms with Crippen molar-refractivity contribution in [2.24, 2.45) is 0 Å². The molecule has 0 atom stereocenters. The summed E-state index contributed by atoms with van der Waals surface area (Å²) in [5, 5.41) is 11.4. The zero-order chi connectivity index (χ0) is 22.8. The fourth-order valence-corrected chi connectivity index (χ4v) is 3.10. The van der Waals surface area contributed by atoms with Gasteiger partial charge in [-0.15, -0.1) is 0 Å². The van der Waals surface area contributed by atoms with Crippen molar-refractivity contribution >= 4 is 40.5 Å². The molecular formula is C25H26N4O3. The second-order valence-corrected chi connectivity index (χ2v) is 7.28. The Bertz CT molecular complexity index is 1080. The van der Waals surface area contributed by atoms with Crippen LogP contribution >= 0.6 is 0 Å². The van der Waals surface area contributed by atoms with Gasteiger partial charge < -0.3 is 21.3 Å². The van der Waals surface area contributed by atoms with Gasteiger partial charge in [0.2, 0.25) is 17.7 Å². The Morgan fingerprint density at radius 2 is 1.22 bits per heavy atom. The van der Waals surface area contributed by atoms with Crippen molar-refractivity contribution in [3.63, 3.8) is 0 Å². The summed E-state index contributed by atoms with van der Waals surface area (Å²) in [6, 6.07) is 24.0. The number of hydrogen-bond donors (Lipinski definition) is 4. The number of hydrogen-bond acceptors (Lipinski definition) is 4. The first kappa shape index (κ1) is 22.6. The van der Waals surface area contributed by atoms with Gasteiger partial charge in [-0.25, -0.2) is 0 Å². The van der Waals surface area contributed by atoms with E-state index in [2.05, 4.69) is 21.3 Å². The van der Waals surface area contributed by atoms with E-state index in [9.17, 15) is 14.4 Å². The molecule has 3 aromatic carbocycles. The molecule has 0 aliphatic heterocycles. The summed E-state index contributed by atoms with van der Waals surface area (Å²) in [5.41, 5.74) is 3.69. The average molecular weight is 431 g/mol. The van der Waals surface area contributed by atoms with Crippen molar-refractivity contribution in [2.45, 2.75) is 19.8 Å². The third-order valence-electron chi connectivity index (χ3n) is 4.55. The molecule has 0 aliphatic carbocycles. The molecule has 0 fully saturated rings. The predicted octanol–water partition coefficient (Wildman–Crippen LogP) is 4.27. The van der Waals surface area contributed by atoms with Crippen molar-refractivity contribution in [1.29, 1.82) is 0 Å². The van der Waals surface area contributed by atoms with E-state index in [0.29, 0.717) is 35.6 Å².